The molecule has 0 aromatic rings. The molecule has 120 valence electrons. The highest BCUT2D eigenvalue weighted by molar-refractivity contribution is 6.32. The minimum Gasteiger partial charge on any atom is -0.476 e. The molecule has 0 fully saturated rings. The van der Waals surface area contributed by atoms with Crippen LogP contribution >= 0.6 is 0 Å². The Morgan fingerprint density at radius 1 is 0.857 bits per heavy atom. The molecule has 1 aliphatic rings. The molecular formula is C18H30O3. The fourth-order valence-electron chi connectivity index (χ4n) is 2.77. The highest BCUT2D eigenvalue weighted by atomic mass is 16.4. The van der Waals surface area contributed by atoms with Crippen LogP contribution < -0.4 is 0 Å². The fourth-order valence-corrected chi connectivity index (χ4v) is 2.77. The van der Waals surface area contributed by atoms with Gasteiger partial charge in [0.2, 0.25) is 5.78 Å². The van der Waals surface area contributed by atoms with Crippen LogP contribution in [0.5, 0.6) is 0 Å². The zero-order valence-corrected chi connectivity index (χ0v) is 13.5. The van der Waals surface area contributed by atoms with Gasteiger partial charge < -0.3 is 5.11 Å². The second kappa shape index (κ2) is 10.6. The molecule has 21 heavy (non-hydrogen) atoms. The molecule has 1 aliphatic carbocycles. The van der Waals surface area contributed by atoms with Crippen molar-refractivity contribution in [1.82, 2.24) is 0 Å². The minimum atomic E-state index is -1.29. The number of rotatable bonds is 14. The van der Waals surface area contributed by atoms with Crippen molar-refractivity contribution in [3.05, 3.63) is 11.1 Å². The highest BCUT2D eigenvalue weighted by Gasteiger charge is 2.19. The maximum atomic E-state index is 10.9. The van der Waals surface area contributed by atoms with E-state index in [1.165, 1.54) is 51.4 Å². The first-order valence-corrected chi connectivity index (χ1v) is 8.61. The van der Waals surface area contributed by atoms with Gasteiger partial charge in [0.25, 0.3) is 0 Å². The number of hydrogen-bond donors (Lipinski definition) is 1. The smallest absolute Gasteiger partial charge is 0.372 e. The molecule has 0 aliphatic heterocycles. The van der Waals surface area contributed by atoms with E-state index in [9.17, 15) is 9.59 Å². The lowest BCUT2D eigenvalue weighted by Crippen LogP contribution is -2.11. The number of Topliss-reactive ketones (excluding diaryl/α,β-unsaturated/α-hetero) is 1. The first kappa shape index (κ1) is 17.9. The van der Waals surface area contributed by atoms with E-state index in [1.54, 1.807) is 11.1 Å². The first-order valence-electron chi connectivity index (χ1n) is 8.61. The summed E-state index contributed by atoms with van der Waals surface area (Å²) in [5.74, 6) is -1.94. The van der Waals surface area contributed by atoms with Crippen LogP contribution in [0.4, 0.5) is 0 Å². The van der Waals surface area contributed by atoms with E-state index < -0.39 is 11.8 Å². The first-order chi connectivity index (χ1) is 10.1. The lowest BCUT2D eigenvalue weighted by molar-refractivity contribution is -0.149. The molecule has 3 heteroatoms. The fraction of sp³-hybridized carbons (Fsp3) is 0.778. The van der Waals surface area contributed by atoms with Crippen molar-refractivity contribution in [2.45, 2.75) is 90.4 Å². The van der Waals surface area contributed by atoms with Gasteiger partial charge in [0.15, 0.2) is 0 Å². The van der Waals surface area contributed by atoms with Crippen molar-refractivity contribution in [2.24, 2.45) is 0 Å². The zero-order valence-electron chi connectivity index (χ0n) is 13.5. The molecule has 0 heterocycles. The predicted octanol–water partition coefficient (Wildman–Crippen LogP) is 5.04. The van der Waals surface area contributed by atoms with E-state index in [-0.39, 0.29) is 6.42 Å². The van der Waals surface area contributed by atoms with Crippen LogP contribution in [0.25, 0.3) is 0 Å². The third-order valence-corrected chi connectivity index (χ3v) is 4.25. The van der Waals surface area contributed by atoms with Crippen molar-refractivity contribution in [3.63, 3.8) is 0 Å². The predicted molar refractivity (Wildman–Crippen MR) is 85.4 cm³/mol. The van der Waals surface area contributed by atoms with Crippen LogP contribution in [0.1, 0.15) is 90.4 Å². The zero-order chi connectivity index (χ0) is 15.5. The maximum Gasteiger partial charge on any atom is 0.372 e. The second-order valence-corrected chi connectivity index (χ2v) is 6.19. The molecule has 0 saturated heterocycles. The Morgan fingerprint density at radius 2 is 1.38 bits per heavy atom. The molecule has 3 nitrogen and oxygen atoms in total. The summed E-state index contributed by atoms with van der Waals surface area (Å²) in [5, 5.41) is 8.46. The van der Waals surface area contributed by atoms with Crippen molar-refractivity contribution >= 4 is 11.8 Å². The molecular weight excluding hydrogens is 264 g/mol. The van der Waals surface area contributed by atoms with Crippen molar-refractivity contribution in [3.8, 4) is 0 Å². The van der Waals surface area contributed by atoms with Crippen LogP contribution in [0, 0.1) is 0 Å². The van der Waals surface area contributed by atoms with E-state index in [2.05, 4.69) is 6.92 Å². The van der Waals surface area contributed by atoms with Gasteiger partial charge in [0.05, 0.1) is 0 Å². The van der Waals surface area contributed by atoms with E-state index in [4.69, 9.17) is 5.11 Å². The Morgan fingerprint density at radius 3 is 1.95 bits per heavy atom. The van der Waals surface area contributed by atoms with Gasteiger partial charge in [-0.05, 0) is 38.5 Å². The number of ketones is 1. The molecule has 0 aromatic heterocycles. The summed E-state index contributed by atoms with van der Waals surface area (Å²) >= 11 is 0. The van der Waals surface area contributed by atoms with Gasteiger partial charge >= 0.3 is 5.97 Å². The Labute approximate surface area is 128 Å². The molecule has 0 bridgehead atoms. The number of carbonyl (C=O) groups is 2. The van der Waals surface area contributed by atoms with E-state index in [1.807, 2.05) is 0 Å². The molecule has 0 saturated carbocycles. The van der Waals surface area contributed by atoms with Crippen LogP contribution in [-0.2, 0) is 9.59 Å². The molecule has 0 radical (unpaired) electrons. The molecule has 0 atom stereocenters. The van der Waals surface area contributed by atoms with Crippen molar-refractivity contribution < 1.29 is 14.7 Å². The average molecular weight is 294 g/mol. The summed E-state index contributed by atoms with van der Waals surface area (Å²) in [7, 11) is 0. The monoisotopic (exact) mass is 294 g/mol. The van der Waals surface area contributed by atoms with Gasteiger partial charge in [-0.25, -0.2) is 4.79 Å². The number of aliphatic carboxylic acids is 1. The van der Waals surface area contributed by atoms with Crippen LogP contribution in [0.3, 0.4) is 0 Å². The third kappa shape index (κ3) is 8.69. The summed E-state index contributed by atoms with van der Waals surface area (Å²) < 4.78 is 0. The van der Waals surface area contributed by atoms with E-state index in [0.717, 1.165) is 19.3 Å². The summed E-state index contributed by atoms with van der Waals surface area (Å²) in [6.07, 6.45) is 14.8. The Bertz CT molecular complexity index is 369. The minimum absolute atomic E-state index is 0.193. The maximum absolute atomic E-state index is 10.9. The molecule has 0 spiro atoms. The lowest BCUT2D eigenvalue weighted by Gasteiger charge is -1.98. The largest absolute Gasteiger partial charge is 0.476 e. The van der Waals surface area contributed by atoms with Gasteiger partial charge in [-0.1, -0.05) is 56.6 Å². The Kier molecular flexibility index (Phi) is 9.04. The van der Waals surface area contributed by atoms with Crippen molar-refractivity contribution in [2.75, 3.05) is 0 Å². The van der Waals surface area contributed by atoms with Crippen LogP contribution in [0.15, 0.2) is 11.1 Å². The van der Waals surface area contributed by atoms with Crippen molar-refractivity contribution in [1.29, 1.82) is 0 Å². The van der Waals surface area contributed by atoms with Gasteiger partial charge in [-0.3, -0.25) is 4.79 Å². The third-order valence-electron chi connectivity index (χ3n) is 4.25. The van der Waals surface area contributed by atoms with Gasteiger partial charge in [-0.2, -0.15) is 0 Å². The average Bonchev–Trinajstić information content (AvgIpc) is 3.20. The van der Waals surface area contributed by atoms with E-state index in [0.29, 0.717) is 6.42 Å². The van der Waals surface area contributed by atoms with Crippen LogP contribution in [0.2, 0.25) is 0 Å². The molecule has 0 unspecified atom stereocenters. The number of carboxylic acid groups (broad SMARTS) is 1. The number of hydrogen-bond acceptors (Lipinski definition) is 2. The summed E-state index contributed by atoms with van der Waals surface area (Å²) in [6.45, 7) is 2.25. The summed E-state index contributed by atoms with van der Waals surface area (Å²) in [5.41, 5.74) is 3.31. The molecule has 0 aromatic carbocycles. The van der Waals surface area contributed by atoms with E-state index >= 15 is 0 Å². The number of carbonyl (C=O) groups excluding carboxylic acids is 1. The molecule has 1 rings (SSSR count). The van der Waals surface area contributed by atoms with Gasteiger partial charge in [0, 0.05) is 6.42 Å². The number of allylic oxidation sites excluding steroid dienone is 2. The van der Waals surface area contributed by atoms with Crippen LogP contribution in [-0.4, -0.2) is 16.9 Å². The second-order valence-electron chi connectivity index (χ2n) is 6.19. The highest BCUT2D eigenvalue weighted by Crippen LogP contribution is 2.38. The standard InChI is InChI=1S/C18H30O3/c1-2-3-4-5-6-8-11-15-14-16(15)12-9-7-10-13-17(19)18(20)21/h2-14H2,1H3,(H,20,21). The lowest BCUT2D eigenvalue weighted by atomic mass is 10.1. The normalized spacial score (nSPS) is 13.6. The number of carboxylic acids is 1. The summed E-state index contributed by atoms with van der Waals surface area (Å²) in [4.78, 5) is 21.3. The topological polar surface area (TPSA) is 54.4 Å². The molecule has 0 amide bonds. The summed E-state index contributed by atoms with van der Waals surface area (Å²) in [6, 6.07) is 0. The SMILES string of the molecule is CCCCCCCCC1=C(CCCCCC(=O)C(=O)O)C1. The molecule has 1 N–H and O–H groups in total. The Hall–Kier alpha value is -1.12. The van der Waals surface area contributed by atoms with Gasteiger partial charge in [-0.15, -0.1) is 0 Å². The number of unbranched alkanes of at least 4 members (excludes halogenated alkanes) is 7. The Balaban J connectivity index is 1.91. The quantitative estimate of drug-likeness (QED) is 0.277. The van der Waals surface area contributed by atoms with Gasteiger partial charge in [0.1, 0.15) is 0 Å².